The lowest BCUT2D eigenvalue weighted by atomic mass is 10.00. The first-order valence-corrected chi connectivity index (χ1v) is 9.19. The van der Waals surface area contributed by atoms with Crippen molar-refractivity contribution in [2.75, 3.05) is 25.0 Å². The van der Waals surface area contributed by atoms with Crippen LogP contribution in [-0.4, -0.2) is 48.1 Å². The Labute approximate surface area is 166 Å². The van der Waals surface area contributed by atoms with Gasteiger partial charge in [-0.25, -0.2) is 0 Å². The topological polar surface area (TPSA) is 83.1 Å². The van der Waals surface area contributed by atoms with E-state index in [1.54, 1.807) is 6.07 Å². The number of hydrogen-bond donors (Lipinski definition) is 3. The number of alkyl halides is 3. The summed E-state index contributed by atoms with van der Waals surface area (Å²) < 4.78 is 41.4. The van der Waals surface area contributed by atoms with Gasteiger partial charge in [0.1, 0.15) is 0 Å². The van der Waals surface area contributed by atoms with E-state index in [9.17, 15) is 18.3 Å². The zero-order valence-corrected chi connectivity index (χ0v) is 15.7. The van der Waals surface area contributed by atoms with Crippen molar-refractivity contribution in [1.82, 2.24) is 4.90 Å². The Bertz CT molecular complexity index is 858. The van der Waals surface area contributed by atoms with Crippen molar-refractivity contribution in [1.29, 1.82) is 0 Å². The Kier molecular flexibility index (Phi) is 6.60. The first-order valence-electron chi connectivity index (χ1n) is 9.19. The van der Waals surface area contributed by atoms with Gasteiger partial charge in [0.15, 0.2) is 11.7 Å². The monoisotopic (exact) mass is 408 g/mol. The SMILES string of the molecule is NC(=NCC(O)CN1CCc2ccccc2C1)Nc1ccccc1OC(F)(F)F. The second kappa shape index (κ2) is 9.15. The van der Waals surface area contributed by atoms with Gasteiger partial charge >= 0.3 is 6.36 Å². The molecule has 2 aromatic carbocycles. The molecule has 0 aromatic heterocycles. The lowest BCUT2D eigenvalue weighted by molar-refractivity contribution is -0.274. The maximum absolute atomic E-state index is 12.5. The van der Waals surface area contributed by atoms with Gasteiger partial charge in [0.25, 0.3) is 0 Å². The number of hydrogen-bond acceptors (Lipinski definition) is 4. The molecule has 156 valence electrons. The van der Waals surface area contributed by atoms with Crippen molar-refractivity contribution in [3.8, 4) is 5.75 Å². The third-order valence-electron chi connectivity index (χ3n) is 4.53. The normalized spacial score (nSPS) is 16.2. The van der Waals surface area contributed by atoms with Crippen LogP contribution in [0, 0.1) is 0 Å². The fourth-order valence-electron chi connectivity index (χ4n) is 3.23. The summed E-state index contributed by atoms with van der Waals surface area (Å²) in [6, 6.07) is 13.7. The molecule has 0 fully saturated rings. The molecule has 3 rings (SSSR count). The van der Waals surface area contributed by atoms with E-state index in [-0.39, 0.29) is 18.2 Å². The van der Waals surface area contributed by atoms with Crippen molar-refractivity contribution >= 4 is 11.6 Å². The highest BCUT2D eigenvalue weighted by atomic mass is 19.4. The number of nitrogens with one attached hydrogen (secondary N) is 1. The summed E-state index contributed by atoms with van der Waals surface area (Å²) in [4.78, 5) is 6.17. The van der Waals surface area contributed by atoms with E-state index in [4.69, 9.17) is 5.73 Å². The molecule has 1 aliphatic heterocycles. The first kappa shape index (κ1) is 20.9. The molecule has 2 aromatic rings. The largest absolute Gasteiger partial charge is 0.573 e. The summed E-state index contributed by atoms with van der Waals surface area (Å²) in [6.45, 7) is 2.05. The average molecular weight is 408 g/mol. The first-order chi connectivity index (χ1) is 13.8. The summed E-state index contributed by atoms with van der Waals surface area (Å²) in [7, 11) is 0. The van der Waals surface area contributed by atoms with Crippen molar-refractivity contribution < 1.29 is 23.0 Å². The minimum atomic E-state index is -4.81. The lowest BCUT2D eigenvalue weighted by Gasteiger charge is -2.30. The van der Waals surface area contributed by atoms with Crippen molar-refractivity contribution in [3.05, 3.63) is 59.7 Å². The van der Waals surface area contributed by atoms with Crippen molar-refractivity contribution in [2.45, 2.75) is 25.4 Å². The fourth-order valence-corrected chi connectivity index (χ4v) is 3.23. The number of halogens is 3. The number of aliphatic hydroxyl groups excluding tert-OH is 1. The number of benzene rings is 2. The summed E-state index contributed by atoms with van der Waals surface area (Å²) in [6.07, 6.45) is -4.64. The Hall–Kier alpha value is -2.78. The fraction of sp³-hybridized carbons (Fsp3) is 0.350. The van der Waals surface area contributed by atoms with E-state index < -0.39 is 18.2 Å². The number of aliphatic hydroxyl groups is 1. The molecular formula is C20H23F3N4O2. The molecule has 0 aliphatic carbocycles. The predicted molar refractivity (Wildman–Crippen MR) is 105 cm³/mol. The maximum atomic E-state index is 12.5. The second-order valence-corrected chi connectivity index (χ2v) is 6.80. The van der Waals surface area contributed by atoms with Gasteiger partial charge in [-0.1, -0.05) is 36.4 Å². The van der Waals surface area contributed by atoms with Crippen molar-refractivity contribution in [2.24, 2.45) is 10.7 Å². The second-order valence-electron chi connectivity index (χ2n) is 6.80. The number of fused-ring (bicyclic) bond motifs is 1. The minimum absolute atomic E-state index is 0.0271. The van der Waals surface area contributed by atoms with Gasteiger partial charge < -0.3 is 20.9 Å². The van der Waals surface area contributed by atoms with Crippen LogP contribution in [-0.2, 0) is 13.0 Å². The molecule has 1 aliphatic rings. The number of guanidine groups is 1. The third-order valence-corrected chi connectivity index (χ3v) is 4.53. The van der Waals surface area contributed by atoms with Crippen LogP contribution in [0.5, 0.6) is 5.75 Å². The van der Waals surface area contributed by atoms with Crippen LogP contribution in [0.1, 0.15) is 11.1 Å². The number of rotatable bonds is 6. The molecule has 4 N–H and O–H groups in total. The lowest BCUT2D eigenvalue weighted by Crippen LogP contribution is -2.38. The van der Waals surface area contributed by atoms with E-state index in [1.807, 2.05) is 12.1 Å². The number of nitrogens with zero attached hydrogens (tertiary/aromatic N) is 2. The molecule has 1 heterocycles. The summed E-state index contributed by atoms with van der Waals surface area (Å²) >= 11 is 0. The van der Waals surface area contributed by atoms with Crippen LogP contribution in [0.2, 0.25) is 0 Å². The van der Waals surface area contributed by atoms with Crippen LogP contribution < -0.4 is 15.8 Å². The standard InChI is InChI=1S/C20H23F3N4O2/c21-20(22,23)29-18-8-4-3-7-17(18)26-19(24)25-11-16(28)13-27-10-9-14-5-1-2-6-15(14)12-27/h1-8,16,28H,9-13H2,(H3,24,25,26). The Balaban J connectivity index is 1.53. The molecule has 1 atom stereocenters. The van der Waals surface area contributed by atoms with Gasteiger partial charge in [0.05, 0.1) is 18.3 Å². The Morgan fingerprint density at radius 1 is 1.17 bits per heavy atom. The van der Waals surface area contributed by atoms with E-state index in [0.29, 0.717) is 6.54 Å². The number of para-hydroxylation sites is 2. The van der Waals surface area contributed by atoms with Crippen LogP contribution >= 0.6 is 0 Å². The number of ether oxygens (including phenoxy) is 1. The van der Waals surface area contributed by atoms with Gasteiger partial charge in [-0.2, -0.15) is 0 Å². The number of β-amino-alcohol motifs (C(OH)–C–C–N with tert-alkyl or cyclic N) is 1. The molecule has 0 radical (unpaired) electrons. The van der Waals surface area contributed by atoms with Gasteiger partial charge in [0.2, 0.25) is 0 Å². The van der Waals surface area contributed by atoms with Crippen LogP contribution in [0.4, 0.5) is 18.9 Å². The van der Waals surface area contributed by atoms with Crippen molar-refractivity contribution in [3.63, 3.8) is 0 Å². The summed E-state index contributed by atoms with van der Waals surface area (Å²) in [5.74, 6) is -0.517. The minimum Gasteiger partial charge on any atom is -0.404 e. The average Bonchev–Trinajstić information content (AvgIpc) is 2.67. The summed E-state index contributed by atoms with van der Waals surface area (Å²) in [5, 5.41) is 12.8. The molecule has 29 heavy (non-hydrogen) atoms. The van der Waals surface area contributed by atoms with Crippen LogP contribution in [0.25, 0.3) is 0 Å². The highest BCUT2D eigenvalue weighted by molar-refractivity contribution is 5.93. The third kappa shape index (κ3) is 6.37. The van der Waals surface area contributed by atoms with E-state index in [0.717, 1.165) is 19.5 Å². The van der Waals surface area contributed by atoms with Gasteiger partial charge in [-0.15, -0.1) is 13.2 Å². The predicted octanol–water partition coefficient (Wildman–Crippen LogP) is 2.73. The van der Waals surface area contributed by atoms with Gasteiger partial charge in [-0.05, 0) is 29.7 Å². The van der Waals surface area contributed by atoms with E-state index in [2.05, 4.69) is 32.1 Å². The molecule has 1 unspecified atom stereocenters. The molecule has 0 amide bonds. The highest BCUT2D eigenvalue weighted by Gasteiger charge is 2.32. The van der Waals surface area contributed by atoms with E-state index in [1.165, 1.54) is 29.3 Å². The highest BCUT2D eigenvalue weighted by Crippen LogP contribution is 2.29. The molecule has 9 heteroatoms. The number of nitrogens with two attached hydrogens (primary N) is 1. The molecular weight excluding hydrogens is 385 g/mol. The Morgan fingerprint density at radius 2 is 1.86 bits per heavy atom. The maximum Gasteiger partial charge on any atom is 0.573 e. The molecule has 6 nitrogen and oxygen atoms in total. The molecule has 0 bridgehead atoms. The zero-order valence-electron chi connectivity index (χ0n) is 15.7. The van der Waals surface area contributed by atoms with Gasteiger partial charge in [-0.3, -0.25) is 9.89 Å². The number of anilines is 1. The molecule has 0 saturated carbocycles. The quantitative estimate of drug-likeness (QED) is 0.506. The number of aliphatic imine (C=N–C) groups is 1. The zero-order chi connectivity index (χ0) is 20.9. The van der Waals surface area contributed by atoms with Crippen LogP contribution in [0.3, 0.4) is 0 Å². The Morgan fingerprint density at radius 3 is 2.62 bits per heavy atom. The van der Waals surface area contributed by atoms with Gasteiger partial charge in [0, 0.05) is 19.6 Å². The molecule has 0 saturated heterocycles. The molecule has 0 spiro atoms. The van der Waals surface area contributed by atoms with E-state index >= 15 is 0 Å². The smallest absolute Gasteiger partial charge is 0.404 e. The summed E-state index contributed by atoms with van der Waals surface area (Å²) in [5.41, 5.74) is 8.37. The van der Waals surface area contributed by atoms with Crippen LogP contribution in [0.15, 0.2) is 53.5 Å².